The van der Waals surface area contributed by atoms with Crippen LogP contribution in [0.4, 0.5) is 5.82 Å². The monoisotopic (exact) mass is 452 g/mol. The number of carbonyl (C=O) groups is 1. The third kappa shape index (κ3) is 3.22. The molecule has 1 saturated carbocycles. The Labute approximate surface area is 196 Å². The lowest BCUT2D eigenvalue weighted by molar-refractivity contribution is -0.132. The van der Waals surface area contributed by atoms with Crippen molar-refractivity contribution in [2.24, 2.45) is 7.05 Å². The Morgan fingerprint density at radius 1 is 1.06 bits per heavy atom. The van der Waals surface area contributed by atoms with E-state index in [1.54, 1.807) is 22.3 Å². The van der Waals surface area contributed by atoms with Crippen molar-refractivity contribution in [2.75, 3.05) is 24.5 Å². The second-order valence-electron chi connectivity index (χ2n) is 9.23. The Morgan fingerprint density at radius 2 is 1.91 bits per heavy atom. The molecule has 2 fully saturated rings. The van der Waals surface area contributed by atoms with Gasteiger partial charge in [0.15, 0.2) is 0 Å². The number of hydrogen-bond donors (Lipinski definition) is 0. The zero-order valence-corrected chi connectivity index (χ0v) is 19.1. The number of aromatic nitrogens is 5. The molecule has 170 valence electrons. The van der Waals surface area contributed by atoms with Crippen molar-refractivity contribution in [1.29, 1.82) is 5.26 Å². The van der Waals surface area contributed by atoms with Gasteiger partial charge in [0.05, 0.1) is 29.0 Å². The third-order valence-electron chi connectivity index (χ3n) is 7.01. The number of piperazine rings is 1. The van der Waals surface area contributed by atoms with E-state index in [1.165, 1.54) is 0 Å². The highest BCUT2D eigenvalue weighted by Crippen LogP contribution is 2.45. The highest BCUT2D eigenvalue weighted by Gasteiger charge is 2.52. The highest BCUT2D eigenvalue weighted by molar-refractivity contribution is 5.87. The van der Waals surface area contributed by atoms with Crippen LogP contribution in [0, 0.1) is 11.3 Å². The molecule has 4 aromatic rings. The molecule has 1 spiro atoms. The minimum atomic E-state index is -0.0199. The molecule has 6 rings (SSSR count). The predicted octanol–water partition coefficient (Wildman–Crippen LogP) is 2.87. The van der Waals surface area contributed by atoms with Crippen LogP contribution < -0.4 is 4.90 Å². The summed E-state index contributed by atoms with van der Waals surface area (Å²) < 4.78 is 3.51. The van der Waals surface area contributed by atoms with Crippen molar-refractivity contribution < 1.29 is 4.79 Å². The van der Waals surface area contributed by atoms with Crippen LogP contribution in [0.25, 0.3) is 27.8 Å². The maximum atomic E-state index is 12.0. The maximum Gasteiger partial charge on any atom is 0.220 e. The average molecular weight is 453 g/mol. The molecule has 9 nitrogen and oxygen atoms in total. The minimum absolute atomic E-state index is 0.0199. The zero-order chi connectivity index (χ0) is 23.4. The summed E-state index contributed by atoms with van der Waals surface area (Å²) in [5, 5.41) is 18.3. The smallest absolute Gasteiger partial charge is 0.220 e. The van der Waals surface area contributed by atoms with Crippen molar-refractivity contribution in [1.82, 2.24) is 29.3 Å². The largest absolute Gasteiger partial charge is 0.352 e. The number of pyridine rings is 2. The molecular weight excluding hydrogens is 428 g/mol. The first-order valence-corrected chi connectivity index (χ1v) is 11.4. The van der Waals surface area contributed by atoms with Crippen molar-refractivity contribution >= 4 is 17.2 Å². The van der Waals surface area contributed by atoms with Crippen LogP contribution in [0.2, 0.25) is 0 Å². The Hall–Kier alpha value is -4.19. The molecule has 0 bridgehead atoms. The molecule has 0 atom stereocenters. The summed E-state index contributed by atoms with van der Waals surface area (Å²) in [5.74, 6) is 1.07. The van der Waals surface area contributed by atoms with E-state index in [2.05, 4.69) is 33.3 Å². The van der Waals surface area contributed by atoms with Crippen molar-refractivity contribution in [3.63, 3.8) is 0 Å². The van der Waals surface area contributed by atoms with E-state index in [1.807, 2.05) is 42.8 Å². The van der Waals surface area contributed by atoms with E-state index >= 15 is 0 Å². The molecule has 0 radical (unpaired) electrons. The van der Waals surface area contributed by atoms with E-state index in [9.17, 15) is 10.1 Å². The lowest BCUT2D eigenvalue weighted by Crippen LogP contribution is -2.56. The number of rotatable bonds is 3. The lowest BCUT2D eigenvalue weighted by atomic mass is 10.0. The summed E-state index contributed by atoms with van der Waals surface area (Å²) in [5.41, 5.74) is 5.01. The summed E-state index contributed by atoms with van der Waals surface area (Å²) in [6, 6.07) is 8.40. The number of fused-ring (bicyclic) bond motifs is 1. The molecule has 4 aromatic heterocycles. The van der Waals surface area contributed by atoms with Crippen molar-refractivity contribution in [2.45, 2.75) is 25.3 Å². The van der Waals surface area contributed by atoms with E-state index in [-0.39, 0.29) is 11.4 Å². The van der Waals surface area contributed by atoms with Gasteiger partial charge in [-0.05, 0) is 31.0 Å². The minimum Gasteiger partial charge on any atom is -0.352 e. The van der Waals surface area contributed by atoms with E-state index < -0.39 is 0 Å². The highest BCUT2D eigenvalue weighted by atomic mass is 16.2. The molecule has 0 N–H and O–H groups in total. The van der Waals surface area contributed by atoms with Gasteiger partial charge >= 0.3 is 0 Å². The summed E-state index contributed by atoms with van der Waals surface area (Å²) in [6.45, 7) is 3.99. The number of aryl methyl sites for hydroxylation is 1. The molecule has 1 aliphatic heterocycles. The van der Waals surface area contributed by atoms with Crippen LogP contribution in [0.15, 0.2) is 49.2 Å². The van der Waals surface area contributed by atoms with Gasteiger partial charge in [0.1, 0.15) is 11.9 Å². The van der Waals surface area contributed by atoms with Gasteiger partial charge in [-0.3, -0.25) is 9.48 Å². The first-order valence-electron chi connectivity index (χ1n) is 11.4. The fourth-order valence-corrected chi connectivity index (χ4v) is 5.12. The molecule has 1 saturated heterocycles. The van der Waals surface area contributed by atoms with Crippen molar-refractivity contribution in [3.05, 3.63) is 54.7 Å². The molecule has 1 amide bonds. The quantitative estimate of drug-likeness (QED) is 0.474. The molecular formula is C25H24N8O. The first kappa shape index (κ1) is 20.4. The van der Waals surface area contributed by atoms with Crippen LogP contribution in [0.1, 0.15) is 25.3 Å². The molecule has 2 aliphatic rings. The van der Waals surface area contributed by atoms with Gasteiger partial charge in [-0.15, -0.1) is 0 Å². The summed E-state index contributed by atoms with van der Waals surface area (Å²) in [6.07, 6.45) is 11.3. The SMILES string of the molecule is CC(=O)N1CCN(c2ccc(-c3cc(-c4cnn(C)c4)cn4ncc(C#N)c34)cn2)CC12CC2. The molecule has 1 aliphatic carbocycles. The predicted molar refractivity (Wildman–Crippen MR) is 127 cm³/mol. The van der Waals surface area contributed by atoms with Crippen LogP contribution in [0.5, 0.6) is 0 Å². The molecule has 34 heavy (non-hydrogen) atoms. The number of hydrogen-bond acceptors (Lipinski definition) is 6. The van der Waals surface area contributed by atoms with E-state index in [0.29, 0.717) is 5.56 Å². The van der Waals surface area contributed by atoms with Gasteiger partial charge < -0.3 is 9.80 Å². The van der Waals surface area contributed by atoms with Gasteiger partial charge in [-0.1, -0.05) is 0 Å². The number of nitrogens with zero attached hydrogens (tertiary/aromatic N) is 8. The molecule has 9 heteroatoms. The molecule has 0 aromatic carbocycles. The second kappa shape index (κ2) is 7.42. The van der Waals surface area contributed by atoms with Crippen LogP contribution >= 0.6 is 0 Å². The fourth-order valence-electron chi connectivity index (χ4n) is 5.12. The third-order valence-corrected chi connectivity index (χ3v) is 7.01. The van der Waals surface area contributed by atoms with E-state index in [0.717, 1.165) is 66.1 Å². The van der Waals surface area contributed by atoms with Gasteiger partial charge in [-0.2, -0.15) is 15.5 Å². The maximum absolute atomic E-state index is 12.0. The van der Waals surface area contributed by atoms with Crippen LogP contribution in [-0.4, -0.2) is 60.4 Å². The Kier molecular flexibility index (Phi) is 4.45. The number of nitriles is 1. The van der Waals surface area contributed by atoms with Gasteiger partial charge in [0, 0.05) is 74.5 Å². The Morgan fingerprint density at radius 3 is 2.56 bits per heavy atom. The number of amides is 1. The number of carbonyl (C=O) groups excluding carboxylic acids is 1. The van der Waals surface area contributed by atoms with Crippen LogP contribution in [0.3, 0.4) is 0 Å². The fraction of sp³-hybridized carbons (Fsp3) is 0.320. The molecule has 5 heterocycles. The summed E-state index contributed by atoms with van der Waals surface area (Å²) in [4.78, 5) is 21.1. The average Bonchev–Trinajstić information content (AvgIpc) is 3.26. The Bertz CT molecular complexity index is 1450. The number of anilines is 1. The van der Waals surface area contributed by atoms with Gasteiger partial charge in [-0.25, -0.2) is 9.50 Å². The first-order chi connectivity index (χ1) is 16.5. The van der Waals surface area contributed by atoms with E-state index in [4.69, 9.17) is 4.98 Å². The Balaban J connectivity index is 1.37. The molecule has 0 unspecified atom stereocenters. The second-order valence-corrected chi connectivity index (χ2v) is 9.23. The zero-order valence-electron chi connectivity index (χ0n) is 19.1. The standard InChI is InChI=1S/C25H24N8O/c1-17(34)32-8-7-31(16-25(32)5-6-25)23-4-3-18(11-27-23)22-9-19(21-13-28-30(2)14-21)15-33-24(22)20(10-26)12-29-33/h3-4,9,11-15H,5-8,16H2,1-2H3. The summed E-state index contributed by atoms with van der Waals surface area (Å²) >= 11 is 0. The van der Waals surface area contributed by atoms with Gasteiger partial charge in [0.2, 0.25) is 5.91 Å². The van der Waals surface area contributed by atoms with Crippen LogP contribution in [-0.2, 0) is 11.8 Å². The van der Waals surface area contributed by atoms with Crippen molar-refractivity contribution in [3.8, 4) is 28.3 Å². The van der Waals surface area contributed by atoms with Gasteiger partial charge in [0.25, 0.3) is 0 Å². The lowest BCUT2D eigenvalue weighted by Gasteiger charge is -2.42. The topological polar surface area (TPSA) is 95.4 Å². The summed E-state index contributed by atoms with van der Waals surface area (Å²) in [7, 11) is 1.88. The normalized spacial score (nSPS) is 16.7.